The van der Waals surface area contributed by atoms with E-state index in [1.165, 1.54) is 29.9 Å². The summed E-state index contributed by atoms with van der Waals surface area (Å²) in [7, 11) is 6.11. The van der Waals surface area contributed by atoms with Gasteiger partial charge in [0, 0.05) is 214 Å². The van der Waals surface area contributed by atoms with Crippen LogP contribution in [0.25, 0.3) is 0 Å². The van der Waals surface area contributed by atoms with E-state index >= 15 is 0 Å². The Balaban J connectivity index is 0.000000148. The number of fused-ring (bicyclic) bond motifs is 8. The number of ketones is 2. The van der Waals surface area contributed by atoms with E-state index < -0.39 is 11.6 Å². The summed E-state index contributed by atoms with van der Waals surface area (Å²) in [5.41, 5.74) is 11.7. The van der Waals surface area contributed by atoms with Gasteiger partial charge in [0.05, 0.1) is 49.2 Å². The summed E-state index contributed by atoms with van der Waals surface area (Å²) in [5.74, 6) is -0.901. The van der Waals surface area contributed by atoms with Crippen molar-refractivity contribution in [3.8, 4) is 0 Å². The number of nitrogens with zero attached hydrogens (tertiary/aromatic N) is 9. The van der Waals surface area contributed by atoms with Crippen molar-refractivity contribution in [2.24, 2.45) is 0 Å². The van der Waals surface area contributed by atoms with Crippen molar-refractivity contribution in [2.75, 3.05) is 117 Å². The first-order chi connectivity index (χ1) is 35.7. The first-order valence-electron chi connectivity index (χ1n) is 25.2. The molecule has 0 atom stereocenters. The second kappa shape index (κ2) is 30.0. The van der Waals surface area contributed by atoms with E-state index in [1.807, 2.05) is 67.8 Å². The van der Waals surface area contributed by atoms with Gasteiger partial charge in [-0.05, 0) is 72.7 Å². The first-order valence-corrected chi connectivity index (χ1v) is 25.2. The Morgan fingerprint density at radius 1 is 0.487 bits per heavy atom. The van der Waals surface area contributed by atoms with E-state index in [-0.39, 0.29) is 110 Å². The van der Waals surface area contributed by atoms with Crippen LogP contribution in [0.4, 0.5) is 34.1 Å². The topological polar surface area (TPSA) is 194 Å². The van der Waals surface area contributed by atoms with Crippen LogP contribution in [0.15, 0.2) is 91.4 Å². The first kappa shape index (κ1) is 61.4. The average molecular weight is 1250 g/mol. The van der Waals surface area contributed by atoms with Crippen molar-refractivity contribution >= 4 is 45.7 Å². The van der Waals surface area contributed by atoms with Crippen molar-refractivity contribution in [1.82, 2.24) is 29.9 Å². The molecule has 0 aromatic carbocycles. The summed E-state index contributed by atoms with van der Waals surface area (Å²) < 4.78 is 22.9. The van der Waals surface area contributed by atoms with Crippen LogP contribution in [-0.4, -0.2) is 128 Å². The minimum atomic E-state index is -0.598. The minimum Gasteiger partial charge on any atom is -0.405 e. The number of nitrogens with one attached hydrogen (secondary N) is 3. The Labute approximate surface area is 521 Å². The smallest absolute Gasteiger partial charge is 0.216 e. The van der Waals surface area contributed by atoms with Crippen LogP contribution in [0.2, 0.25) is 0 Å². The molecule has 14 rings (SSSR count). The predicted octanol–water partition coefficient (Wildman–Crippen LogP) is 6.70. The van der Waals surface area contributed by atoms with Gasteiger partial charge in [-0.2, -0.15) is 18.2 Å². The standard InChI is InChI=1S/C11H14N2O2.C11H13N2O2.C9H10N2O.C8H7N2O.C8H10N2.C8H9N2.3Y/c2*1-13-6-4-11(14-7-8-15-11)10-9(13)3-2-5-12-10;1-11-6-4-8(12)9-7(11)3-2-5-10-9;11-7-3-5-9-6-2-1-4-10-8(6)7;2*1-3-7-8(9-5-1)4-2-6-10-7;;;/h2-3,5H,4,6-8H2,1H3;2-3H,4,6-8H2,1H3;2-3,5H,4,6H2,1H3;1-2,9H,3,5H2;1,3,5,10H,2,4,6H2;1,3,10H,2,4,6H2;;;/q;-1;;-1;;-1;;;. The summed E-state index contributed by atoms with van der Waals surface area (Å²) >= 11 is 0. The summed E-state index contributed by atoms with van der Waals surface area (Å²) in [6.07, 6.45) is 21.1. The Morgan fingerprint density at radius 2 is 1.00 bits per heavy atom. The molecular formula is C55H63N12O6Y3-3. The number of carbonyl (C=O) groups excluding carboxylic acids is 2. The van der Waals surface area contributed by atoms with Gasteiger partial charge in [0.2, 0.25) is 5.79 Å². The van der Waals surface area contributed by atoms with Crippen molar-refractivity contribution in [2.45, 2.75) is 62.9 Å². The fourth-order valence-electron chi connectivity index (χ4n) is 9.59. The SMILES string of the molecule is CN1CCC(=O)c2ncccc21.CN1CCC2(OCCO2)c2n[c-]ccc21.CN1CCC2(OCCO2)c2ncccc21.O=C1CCNc2cc[c-]nc21.[Y].[Y].[Y].[c-]1ccc2c(n1)CCCN2.c1cnc2c(c1)NCCC2. The molecule has 2 saturated heterocycles. The molecule has 18 nitrogen and oxygen atoms in total. The number of hydrogen-bond donors (Lipinski definition) is 3. The zero-order valence-corrected chi connectivity index (χ0v) is 52.1. The molecule has 76 heavy (non-hydrogen) atoms. The van der Waals surface area contributed by atoms with Gasteiger partial charge in [-0.15, -0.1) is 18.2 Å². The van der Waals surface area contributed by atoms with Crippen LogP contribution in [0.1, 0.15) is 82.3 Å². The molecule has 0 saturated carbocycles. The number of hydrogen-bond acceptors (Lipinski definition) is 18. The van der Waals surface area contributed by atoms with Gasteiger partial charge in [0.25, 0.3) is 0 Å². The fourth-order valence-corrected chi connectivity index (χ4v) is 9.59. The van der Waals surface area contributed by atoms with E-state index in [0.717, 1.165) is 105 Å². The van der Waals surface area contributed by atoms with Gasteiger partial charge in [0.1, 0.15) is 17.2 Å². The van der Waals surface area contributed by atoms with Gasteiger partial charge < -0.3 is 69.3 Å². The summed E-state index contributed by atoms with van der Waals surface area (Å²) in [4.78, 5) is 53.9. The van der Waals surface area contributed by atoms with Gasteiger partial charge >= 0.3 is 0 Å². The van der Waals surface area contributed by atoms with Crippen LogP contribution < -0.4 is 30.7 Å². The van der Waals surface area contributed by atoms with E-state index in [4.69, 9.17) is 18.9 Å². The number of anilines is 6. The molecule has 3 N–H and O–H groups in total. The molecule has 0 amide bonds. The van der Waals surface area contributed by atoms with Crippen LogP contribution in [0.5, 0.6) is 0 Å². The third-order valence-corrected chi connectivity index (χ3v) is 13.5. The second-order valence-electron chi connectivity index (χ2n) is 18.3. The molecule has 6 aromatic heterocycles. The average Bonchev–Trinajstić information content (AvgIpc) is 4.15. The predicted molar refractivity (Wildman–Crippen MR) is 278 cm³/mol. The molecule has 8 aliphatic heterocycles. The monoisotopic (exact) mass is 1250 g/mol. The van der Waals surface area contributed by atoms with E-state index in [9.17, 15) is 9.59 Å². The minimum absolute atomic E-state index is 0. The Kier molecular flexibility index (Phi) is 24.2. The molecule has 0 unspecified atom stereocenters. The largest absolute Gasteiger partial charge is 0.405 e. The number of rotatable bonds is 0. The normalized spacial score (nSPS) is 18.0. The molecule has 391 valence electrons. The maximum atomic E-state index is 11.3. The van der Waals surface area contributed by atoms with E-state index in [0.29, 0.717) is 50.7 Å². The number of aryl methyl sites for hydroxylation is 2. The van der Waals surface area contributed by atoms with Crippen molar-refractivity contribution in [1.29, 1.82) is 0 Å². The van der Waals surface area contributed by atoms with Crippen molar-refractivity contribution in [3.05, 3.63) is 144 Å². The van der Waals surface area contributed by atoms with E-state index in [1.54, 1.807) is 18.5 Å². The molecule has 0 bridgehead atoms. The number of aromatic nitrogens is 6. The molecular weight excluding hydrogens is 1190 g/mol. The fraction of sp³-hybridized carbons (Fsp3) is 0.418. The Hall–Kier alpha value is -3.81. The van der Waals surface area contributed by atoms with Crippen molar-refractivity contribution < 1.29 is 127 Å². The van der Waals surface area contributed by atoms with Crippen LogP contribution in [-0.2, 0) is 141 Å². The second-order valence-corrected chi connectivity index (χ2v) is 18.3. The van der Waals surface area contributed by atoms with Gasteiger partial charge in [-0.1, -0.05) is 30.7 Å². The third kappa shape index (κ3) is 15.1. The number of carbonyl (C=O) groups is 2. The zero-order valence-electron chi connectivity index (χ0n) is 43.6. The molecule has 8 aliphatic rings. The summed E-state index contributed by atoms with van der Waals surface area (Å²) in [6, 6.07) is 23.1. The number of pyridine rings is 6. The molecule has 3 radical (unpaired) electrons. The van der Waals surface area contributed by atoms with Crippen molar-refractivity contribution in [3.63, 3.8) is 0 Å². The quantitative estimate of drug-likeness (QED) is 0.136. The number of ether oxygens (including phenoxy) is 4. The summed E-state index contributed by atoms with van der Waals surface area (Å²) in [6.45, 7) is 8.21. The maximum Gasteiger partial charge on any atom is 0.216 e. The van der Waals surface area contributed by atoms with Crippen LogP contribution in [0.3, 0.4) is 0 Å². The molecule has 2 fully saturated rings. The van der Waals surface area contributed by atoms with Crippen LogP contribution in [0, 0.1) is 18.6 Å². The van der Waals surface area contributed by atoms with Crippen LogP contribution >= 0.6 is 0 Å². The Bertz CT molecular complexity index is 2650. The molecule has 2 spiro atoms. The Morgan fingerprint density at radius 3 is 1.66 bits per heavy atom. The third-order valence-electron chi connectivity index (χ3n) is 13.5. The molecule has 6 aromatic rings. The maximum absolute atomic E-state index is 11.3. The zero-order chi connectivity index (χ0) is 50.5. The van der Waals surface area contributed by atoms with Gasteiger partial charge in [-0.3, -0.25) is 19.7 Å². The molecule has 0 aliphatic carbocycles. The summed E-state index contributed by atoms with van der Waals surface area (Å²) in [5, 5.41) is 9.67. The molecule has 21 heteroatoms. The van der Waals surface area contributed by atoms with Gasteiger partial charge in [0.15, 0.2) is 11.6 Å². The molecule has 14 heterocycles. The van der Waals surface area contributed by atoms with Gasteiger partial charge in [-0.25, -0.2) is 0 Å². The van der Waals surface area contributed by atoms with E-state index in [2.05, 4.69) is 105 Å². The number of Topliss-reactive ketones (excluding diaryl/α,β-unsaturated/α-hetero) is 2.